The van der Waals surface area contributed by atoms with Gasteiger partial charge in [0.2, 0.25) is 0 Å². The van der Waals surface area contributed by atoms with Gasteiger partial charge in [-0.15, -0.1) is 0 Å². The summed E-state index contributed by atoms with van der Waals surface area (Å²) in [6.07, 6.45) is 5.93. The Morgan fingerprint density at radius 2 is 1.56 bits per heavy atom. The molecule has 0 aromatic heterocycles. The van der Waals surface area contributed by atoms with Crippen molar-refractivity contribution >= 4 is 28.7 Å². The zero-order valence-corrected chi connectivity index (χ0v) is 13.4. The van der Waals surface area contributed by atoms with E-state index in [-0.39, 0.29) is 0 Å². The van der Waals surface area contributed by atoms with Gasteiger partial charge in [-0.2, -0.15) is 0 Å². The molecule has 0 heterocycles. The molecule has 0 aliphatic rings. The van der Waals surface area contributed by atoms with Crippen LogP contribution in [0.15, 0.2) is 30.3 Å². The van der Waals surface area contributed by atoms with Crippen LogP contribution in [0.4, 0.5) is 0 Å². The van der Waals surface area contributed by atoms with Crippen molar-refractivity contribution in [3.63, 3.8) is 0 Å². The Hall–Kier alpha value is 0.0300. The number of hydrogen-bond donors (Lipinski definition) is 0. The van der Waals surface area contributed by atoms with Crippen molar-refractivity contribution in [3.8, 4) is 5.75 Å². The average Bonchev–Trinajstić information content (AvgIpc) is 2.34. The second kappa shape index (κ2) is 9.02. The predicted molar refractivity (Wildman–Crippen MR) is 83.9 cm³/mol. The monoisotopic (exact) mass is 307 g/mol. The fraction of sp³-hybridized carbons (Fsp3) is 0.571. The van der Waals surface area contributed by atoms with E-state index >= 15 is 0 Å². The van der Waals surface area contributed by atoms with Crippen LogP contribution in [0, 0.1) is 0 Å². The molecule has 0 atom stereocenters. The van der Waals surface area contributed by atoms with Crippen LogP contribution in [0.5, 0.6) is 5.75 Å². The quantitative estimate of drug-likeness (QED) is 0.366. The molecule has 0 radical (unpaired) electrons. The highest BCUT2D eigenvalue weighted by atomic mass is 35.9. The van der Waals surface area contributed by atoms with Crippen molar-refractivity contribution in [2.75, 3.05) is 6.16 Å². The van der Waals surface area contributed by atoms with Crippen molar-refractivity contribution in [1.82, 2.24) is 0 Å². The Bertz CT molecular complexity index is 317. The molecule has 102 valence electrons. The van der Waals surface area contributed by atoms with E-state index in [9.17, 15) is 0 Å². The summed E-state index contributed by atoms with van der Waals surface area (Å²) < 4.78 is 5.67. The van der Waals surface area contributed by atoms with E-state index in [1.807, 2.05) is 30.3 Å². The first-order valence-electron chi connectivity index (χ1n) is 6.66. The molecule has 1 aromatic carbocycles. The second-order valence-electron chi connectivity index (χ2n) is 4.47. The van der Waals surface area contributed by atoms with Crippen molar-refractivity contribution in [3.05, 3.63) is 30.3 Å². The summed E-state index contributed by atoms with van der Waals surface area (Å²) in [4.78, 5) is 0. The van der Waals surface area contributed by atoms with Crippen molar-refractivity contribution < 1.29 is 4.52 Å². The highest BCUT2D eigenvalue weighted by molar-refractivity contribution is 8.14. The molecule has 1 rings (SSSR count). The zero-order valence-electron chi connectivity index (χ0n) is 10.9. The fourth-order valence-corrected chi connectivity index (χ4v) is 4.07. The minimum atomic E-state index is -2.28. The molecule has 0 N–H and O–H groups in total. The van der Waals surface area contributed by atoms with Crippen LogP contribution < -0.4 is 4.52 Å². The van der Waals surface area contributed by atoms with Crippen molar-refractivity contribution in [1.29, 1.82) is 0 Å². The molecule has 0 saturated heterocycles. The van der Waals surface area contributed by atoms with E-state index in [0.717, 1.165) is 18.3 Å². The Morgan fingerprint density at radius 1 is 0.944 bits per heavy atom. The standard InChI is InChI=1S/C14H22Cl2OP/c1-2-3-4-5-6-10-13-18(15,16)17-14-11-8-7-9-12-14/h7-9,11-12H,2-6,10,13H2,1H3/q+1. The molecule has 4 heteroatoms. The summed E-state index contributed by atoms with van der Waals surface area (Å²) in [6.45, 7) is 2.22. The SMILES string of the molecule is CCCCCCCC[P+](Cl)(Cl)Oc1ccccc1. The molecule has 1 aromatic rings. The molecule has 1 nitrogen and oxygen atoms in total. The molecule has 18 heavy (non-hydrogen) atoms. The summed E-state index contributed by atoms with van der Waals surface area (Å²) in [5.41, 5.74) is 0. The molecule has 0 aliphatic carbocycles. The second-order valence-corrected chi connectivity index (χ2v) is 10.0. The van der Waals surface area contributed by atoms with Crippen molar-refractivity contribution in [2.45, 2.75) is 45.4 Å². The molecular formula is C14H22Cl2OP+. The van der Waals surface area contributed by atoms with E-state index in [1.165, 1.54) is 32.1 Å². The third-order valence-corrected chi connectivity index (χ3v) is 5.50. The molecule has 0 unspecified atom stereocenters. The van der Waals surface area contributed by atoms with Crippen LogP contribution in [0.2, 0.25) is 0 Å². The number of para-hydroxylation sites is 1. The van der Waals surface area contributed by atoms with Gasteiger partial charge in [0.05, 0.1) is 0 Å². The predicted octanol–water partition coefficient (Wildman–Crippen LogP) is 6.67. The lowest BCUT2D eigenvalue weighted by Gasteiger charge is -2.10. The molecule has 0 saturated carbocycles. The van der Waals surface area contributed by atoms with Crippen LogP contribution in [-0.4, -0.2) is 6.16 Å². The topological polar surface area (TPSA) is 9.23 Å². The van der Waals surface area contributed by atoms with Gasteiger partial charge < -0.3 is 4.52 Å². The molecule has 0 amide bonds. The highest BCUT2D eigenvalue weighted by Crippen LogP contribution is 2.69. The third kappa shape index (κ3) is 7.46. The molecule has 0 aliphatic heterocycles. The van der Waals surface area contributed by atoms with Gasteiger partial charge in [-0.05, 0) is 25.0 Å². The largest absolute Gasteiger partial charge is 0.383 e. The first-order valence-corrected chi connectivity index (χ1v) is 10.4. The molecule has 0 fully saturated rings. The number of rotatable bonds is 9. The highest BCUT2D eigenvalue weighted by Gasteiger charge is 2.37. The van der Waals surface area contributed by atoms with E-state index in [0.29, 0.717) is 0 Å². The average molecular weight is 308 g/mol. The van der Waals surface area contributed by atoms with Gasteiger partial charge in [0.1, 0.15) is 6.16 Å². The normalized spacial score (nSPS) is 11.5. The van der Waals surface area contributed by atoms with Gasteiger partial charge in [-0.3, -0.25) is 0 Å². The Kier molecular flexibility index (Phi) is 8.06. The summed E-state index contributed by atoms with van der Waals surface area (Å²) in [7, 11) is 0. The van der Waals surface area contributed by atoms with E-state index in [4.69, 9.17) is 27.0 Å². The molecular weight excluding hydrogens is 286 g/mol. The Morgan fingerprint density at radius 3 is 2.22 bits per heavy atom. The summed E-state index contributed by atoms with van der Waals surface area (Å²) in [6, 6.07) is 9.58. The Balaban J connectivity index is 2.19. The van der Waals surface area contributed by atoms with E-state index < -0.39 is 6.19 Å². The van der Waals surface area contributed by atoms with Crippen LogP contribution in [0.1, 0.15) is 45.4 Å². The Labute approximate surface area is 121 Å². The van der Waals surface area contributed by atoms with E-state index in [1.54, 1.807) is 0 Å². The van der Waals surface area contributed by atoms with Crippen molar-refractivity contribution in [2.24, 2.45) is 0 Å². The maximum atomic E-state index is 6.27. The number of hydrogen-bond acceptors (Lipinski definition) is 1. The zero-order chi connectivity index (χ0) is 13.3. The smallest absolute Gasteiger partial charge is 0.314 e. The lowest BCUT2D eigenvalue weighted by Crippen LogP contribution is -1.95. The lowest BCUT2D eigenvalue weighted by atomic mass is 10.1. The van der Waals surface area contributed by atoms with Crippen LogP contribution in [0.3, 0.4) is 0 Å². The summed E-state index contributed by atoms with van der Waals surface area (Å²) >= 11 is 12.5. The van der Waals surface area contributed by atoms with Crippen LogP contribution >= 0.6 is 28.7 Å². The van der Waals surface area contributed by atoms with Gasteiger partial charge in [0.15, 0.2) is 28.2 Å². The minimum absolute atomic E-state index is 0.766. The van der Waals surface area contributed by atoms with Gasteiger partial charge in [-0.25, -0.2) is 0 Å². The van der Waals surface area contributed by atoms with Gasteiger partial charge in [-0.1, -0.05) is 50.8 Å². The maximum absolute atomic E-state index is 6.27. The maximum Gasteiger partial charge on any atom is 0.383 e. The number of benzene rings is 1. The van der Waals surface area contributed by atoms with Gasteiger partial charge in [0.25, 0.3) is 0 Å². The van der Waals surface area contributed by atoms with Crippen LogP contribution in [0.25, 0.3) is 0 Å². The van der Waals surface area contributed by atoms with Crippen LogP contribution in [-0.2, 0) is 0 Å². The summed E-state index contributed by atoms with van der Waals surface area (Å²) in [5, 5.41) is 0. The minimum Gasteiger partial charge on any atom is -0.314 e. The lowest BCUT2D eigenvalue weighted by molar-refractivity contribution is 0.600. The van der Waals surface area contributed by atoms with Gasteiger partial charge >= 0.3 is 6.19 Å². The fourth-order valence-electron chi connectivity index (χ4n) is 1.76. The van der Waals surface area contributed by atoms with E-state index in [2.05, 4.69) is 6.92 Å². The summed E-state index contributed by atoms with van der Waals surface area (Å²) in [5.74, 6) is 0.766. The first kappa shape index (κ1) is 16.1. The third-order valence-electron chi connectivity index (χ3n) is 2.75. The molecule has 0 spiro atoms. The first-order chi connectivity index (χ1) is 8.64. The van der Waals surface area contributed by atoms with Gasteiger partial charge in [0, 0.05) is 0 Å². The number of unbranched alkanes of at least 4 members (excludes halogenated alkanes) is 5. The molecule has 0 bridgehead atoms. The number of halogens is 2.